The molecule has 0 heterocycles. The van der Waals surface area contributed by atoms with Gasteiger partial charge in [0.05, 0.1) is 26.9 Å². The molecule has 0 aromatic heterocycles. The standard InChI is InChI=1S/C22H28N2O6/c1-23(2)17-9-7-15(8-10-17)13-24(3)20(25)14-30-22(26)16-11-18(27-4)21(29-6)19(12-16)28-5/h7-12H,13-14H2,1-6H3. The molecule has 0 bridgehead atoms. The number of esters is 1. The average Bonchev–Trinajstić information content (AvgIpc) is 2.76. The third kappa shape index (κ3) is 5.56. The highest BCUT2D eigenvalue weighted by atomic mass is 16.5. The first kappa shape index (κ1) is 22.9. The van der Waals surface area contributed by atoms with Gasteiger partial charge >= 0.3 is 5.97 Å². The van der Waals surface area contributed by atoms with Crippen molar-refractivity contribution in [2.75, 3.05) is 54.0 Å². The van der Waals surface area contributed by atoms with Gasteiger partial charge in [0.1, 0.15) is 0 Å². The Kier molecular flexibility index (Phi) is 7.91. The van der Waals surface area contributed by atoms with Gasteiger partial charge in [0.15, 0.2) is 18.1 Å². The van der Waals surface area contributed by atoms with Crippen LogP contribution in [-0.4, -0.2) is 65.9 Å². The minimum Gasteiger partial charge on any atom is -0.493 e. The second-order valence-electron chi connectivity index (χ2n) is 6.80. The minimum absolute atomic E-state index is 0.194. The zero-order valence-corrected chi connectivity index (χ0v) is 18.2. The van der Waals surface area contributed by atoms with E-state index in [0.717, 1.165) is 11.3 Å². The van der Waals surface area contributed by atoms with Crippen LogP contribution in [-0.2, 0) is 16.1 Å². The number of carbonyl (C=O) groups is 2. The third-order valence-electron chi connectivity index (χ3n) is 4.53. The van der Waals surface area contributed by atoms with E-state index in [1.54, 1.807) is 7.05 Å². The van der Waals surface area contributed by atoms with Gasteiger partial charge in [-0.1, -0.05) is 12.1 Å². The summed E-state index contributed by atoms with van der Waals surface area (Å²) in [6, 6.07) is 10.8. The van der Waals surface area contributed by atoms with Crippen molar-refractivity contribution in [3.05, 3.63) is 47.5 Å². The summed E-state index contributed by atoms with van der Waals surface area (Å²) in [5.41, 5.74) is 2.25. The summed E-state index contributed by atoms with van der Waals surface area (Å²) < 4.78 is 20.9. The van der Waals surface area contributed by atoms with Crippen LogP contribution in [0.4, 0.5) is 5.69 Å². The monoisotopic (exact) mass is 416 g/mol. The zero-order valence-electron chi connectivity index (χ0n) is 18.2. The topological polar surface area (TPSA) is 77.5 Å². The smallest absolute Gasteiger partial charge is 0.338 e. The number of carbonyl (C=O) groups excluding carboxylic acids is 2. The van der Waals surface area contributed by atoms with Crippen LogP contribution in [0, 0.1) is 0 Å². The van der Waals surface area contributed by atoms with Crippen LogP contribution >= 0.6 is 0 Å². The third-order valence-corrected chi connectivity index (χ3v) is 4.53. The Bertz CT molecular complexity index is 855. The SMILES string of the molecule is COc1cc(C(=O)OCC(=O)N(C)Cc2ccc(N(C)C)cc2)cc(OC)c1OC. The number of rotatable bonds is 9. The van der Waals surface area contributed by atoms with E-state index in [9.17, 15) is 9.59 Å². The quantitative estimate of drug-likeness (QED) is 0.582. The van der Waals surface area contributed by atoms with E-state index in [4.69, 9.17) is 18.9 Å². The fraction of sp³-hybridized carbons (Fsp3) is 0.364. The summed E-state index contributed by atoms with van der Waals surface area (Å²) in [5, 5.41) is 0. The molecule has 2 aromatic carbocycles. The maximum atomic E-state index is 12.4. The molecule has 162 valence electrons. The molecule has 0 unspecified atom stereocenters. The van der Waals surface area contributed by atoms with Crippen LogP contribution in [0.15, 0.2) is 36.4 Å². The molecule has 0 fully saturated rings. The molecule has 0 aliphatic rings. The predicted octanol–water partition coefficient (Wildman–Crippen LogP) is 2.59. The number of amides is 1. The van der Waals surface area contributed by atoms with Crippen LogP contribution in [0.1, 0.15) is 15.9 Å². The van der Waals surface area contributed by atoms with Gasteiger partial charge in [0, 0.05) is 33.4 Å². The second-order valence-corrected chi connectivity index (χ2v) is 6.80. The number of methoxy groups -OCH3 is 3. The fourth-order valence-electron chi connectivity index (χ4n) is 2.78. The zero-order chi connectivity index (χ0) is 22.3. The summed E-state index contributed by atoms with van der Waals surface area (Å²) >= 11 is 0. The first-order chi connectivity index (χ1) is 14.3. The lowest BCUT2D eigenvalue weighted by atomic mass is 10.2. The summed E-state index contributed by atoms with van der Waals surface area (Å²) in [5.74, 6) is 0.0493. The maximum Gasteiger partial charge on any atom is 0.338 e. The molecule has 8 nitrogen and oxygen atoms in total. The number of nitrogens with zero attached hydrogens (tertiary/aromatic N) is 2. The molecule has 8 heteroatoms. The lowest BCUT2D eigenvalue weighted by Gasteiger charge is -2.18. The van der Waals surface area contributed by atoms with E-state index in [2.05, 4.69) is 0 Å². The Labute approximate surface area is 176 Å². The van der Waals surface area contributed by atoms with Crippen LogP contribution in [0.5, 0.6) is 17.2 Å². The predicted molar refractivity (Wildman–Crippen MR) is 114 cm³/mol. The first-order valence-electron chi connectivity index (χ1n) is 9.28. The lowest BCUT2D eigenvalue weighted by Crippen LogP contribution is -2.30. The summed E-state index contributed by atoms with van der Waals surface area (Å²) in [4.78, 5) is 28.3. The van der Waals surface area contributed by atoms with Crippen molar-refractivity contribution < 1.29 is 28.5 Å². The second kappa shape index (κ2) is 10.4. The molecule has 0 spiro atoms. The number of benzene rings is 2. The van der Waals surface area contributed by atoms with Gasteiger partial charge < -0.3 is 28.7 Å². The van der Waals surface area contributed by atoms with Gasteiger partial charge in [-0.15, -0.1) is 0 Å². The maximum absolute atomic E-state index is 12.4. The fourth-order valence-corrected chi connectivity index (χ4v) is 2.78. The molecule has 0 aliphatic carbocycles. The molecule has 0 saturated carbocycles. The van der Waals surface area contributed by atoms with E-state index in [1.165, 1.54) is 38.4 Å². The molecular formula is C22H28N2O6. The van der Waals surface area contributed by atoms with Crippen molar-refractivity contribution in [3.8, 4) is 17.2 Å². The molecule has 0 radical (unpaired) electrons. The van der Waals surface area contributed by atoms with Crippen molar-refractivity contribution in [1.82, 2.24) is 4.90 Å². The van der Waals surface area contributed by atoms with Gasteiger partial charge in [0.2, 0.25) is 5.75 Å². The Morgan fingerprint density at radius 2 is 1.43 bits per heavy atom. The van der Waals surface area contributed by atoms with E-state index < -0.39 is 5.97 Å². The molecular weight excluding hydrogens is 388 g/mol. The molecule has 0 saturated heterocycles. The van der Waals surface area contributed by atoms with Crippen molar-refractivity contribution >= 4 is 17.6 Å². The average molecular weight is 416 g/mol. The lowest BCUT2D eigenvalue weighted by molar-refractivity contribution is -0.133. The Morgan fingerprint density at radius 3 is 1.90 bits per heavy atom. The summed E-state index contributed by atoms with van der Waals surface area (Å²) in [6.07, 6.45) is 0. The number of anilines is 1. The van der Waals surface area contributed by atoms with Gasteiger partial charge in [-0.2, -0.15) is 0 Å². The highest BCUT2D eigenvalue weighted by Crippen LogP contribution is 2.38. The summed E-state index contributed by atoms with van der Waals surface area (Å²) in [7, 11) is 9.97. The van der Waals surface area contributed by atoms with Gasteiger partial charge in [0.25, 0.3) is 5.91 Å². The van der Waals surface area contributed by atoms with E-state index in [-0.39, 0.29) is 18.1 Å². The number of ether oxygens (including phenoxy) is 4. The highest BCUT2D eigenvalue weighted by Gasteiger charge is 2.19. The number of likely N-dealkylation sites (N-methyl/N-ethyl adjacent to an activating group) is 1. The molecule has 1 amide bonds. The van der Waals surface area contributed by atoms with E-state index >= 15 is 0 Å². The van der Waals surface area contributed by atoms with Crippen LogP contribution in [0.2, 0.25) is 0 Å². The molecule has 2 aromatic rings. The van der Waals surface area contributed by atoms with Crippen LogP contribution < -0.4 is 19.1 Å². The first-order valence-corrected chi connectivity index (χ1v) is 9.28. The molecule has 0 atom stereocenters. The van der Waals surface area contributed by atoms with Crippen molar-refractivity contribution in [2.24, 2.45) is 0 Å². The van der Waals surface area contributed by atoms with Crippen LogP contribution in [0.25, 0.3) is 0 Å². The molecule has 30 heavy (non-hydrogen) atoms. The van der Waals surface area contributed by atoms with Crippen molar-refractivity contribution in [2.45, 2.75) is 6.54 Å². The number of hydrogen-bond donors (Lipinski definition) is 0. The van der Waals surface area contributed by atoms with Crippen molar-refractivity contribution in [3.63, 3.8) is 0 Å². The Morgan fingerprint density at radius 1 is 0.867 bits per heavy atom. The van der Waals surface area contributed by atoms with Crippen LogP contribution in [0.3, 0.4) is 0 Å². The summed E-state index contributed by atoms with van der Waals surface area (Å²) in [6.45, 7) is 0.0377. The molecule has 2 rings (SSSR count). The van der Waals surface area contributed by atoms with Gasteiger partial charge in [-0.25, -0.2) is 4.79 Å². The number of hydrogen-bond acceptors (Lipinski definition) is 7. The Hall–Kier alpha value is -3.42. The van der Waals surface area contributed by atoms with Gasteiger partial charge in [-0.3, -0.25) is 4.79 Å². The van der Waals surface area contributed by atoms with Crippen molar-refractivity contribution in [1.29, 1.82) is 0 Å². The van der Waals surface area contributed by atoms with Gasteiger partial charge in [-0.05, 0) is 29.8 Å². The molecule has 0 aliphatic heterocycles. The van der Waals surface area contributed by atoms with E-state index in [0.29, 0.717) is 23.8 Å². The van der Waals surface area contributed by atoms with E-state index in [1.807, 2.05) is 43.3 Å². The molecule has 0 N–H and O–H groups in total. The normalized spacial score (nSPS) is 10.2. The minimum atomic E-state index is -0.661. The largest absolute Gasteiger partial charge is 0.493 e. The Balaban J connectivity index is 1.99. The highest BCUT2D eigenvalue weighted by molar-refractivity contribution is 5.92.